The zero-order chi connectivity index (χ0) is 15.3. The predicted octanol–water partition coefficient (Wildman–Crippen LogP) is -0.0546. The Morgan fingerprint density at radius 1 is 1.15 bits per heavy atom. The van der Waals surface area contributed by atoms with Crippen molar-refractivity contribution >= 4 is 17.8 Å². The van der Waals surface area contributed by atoms with Crippen LogP contribution >= 0.6 is 0 Å². The first kappa shape index (κ1) is 16.4. The molecule has 0 radical (unpaired) electrons. The highest BCUT2D eigenvalue weighted by Crippen LogP contribution is 2.21. The minimum Gasteiger partial charge on any atom is -0.479 e. The highest BCUT2D eigenvalue weighted by molar-refractivity contribution is 5.87. The molecule has 7 nitrogen and oxygen atoms in total. The summed E-state index contributed by atoms with van der Waals surface area (Å²) in [5.41, 5.74) is 0. The number of carboxylic acids is 1. The normalized spacial score (nSPS) is 21.6. The van der Waals surface area contributed by atoms with Gasteiger partial charge in [-0.2, -0.15) is 0 Å². The molecular weight excluding hydrogens is 264 g/mol. The first-order chi connectivity index (χ1) is 9.40. The van der Waals surface area contributed by atoms with Crippen LogP contribution in [0.15, 0.2) is 0 Å². The van der Waals surface area contributed by atoms with Crippen molar-refractivity contribution in [3.63, 3.8) is 0 Å². The van der Waals surface area contributed by atoms with Crippen molar-refractivity contribution in [3.05, 3.63) is 0 Å². The summed E-state index contributed by atoms with van der Waals surface area (Å²) < 4.78 is 5.18. The second kappa shape index (κ2) is 7.23. The second-order valence-corrected chi connectivity index (χ2v) is 4.79. The smallest absolute Gasteiger partial charge is 0.332 e. The van der Waals surface area contributed by atoms with Gasteiger partial charge >= 0.3 is 5.97 Å². The fourth-order valence-electron chi connectivity index (χ4n) is 2.20. The van der Waals surface area contributed by atoms with Gasteiger partial charge in [0, 0.05) is 20.1 Å². The fraction of sp³-hybridized carbons (Fsp3) is 0.769. The summed E-state index contributed by atoms with van der Waals surface area (Å²) in [4.78, 5) is 37.7. The van der Waals surface area contributed by atoms with Gasteiger partial charge in [0.15, 0.2) is 6.10 Å². The van der Waals surface area contributed by atoms with E-state index in [9.17, 15) is 14.4 Å². The third-order valence-electron chi connectivity index (χ3n) is 3.44. The summed E-state index contributed by atoms with van der Waals surface area (Å²) in [5.74, 6) is -1.52. The van der Waals surface area contributed by atoms with Crippen LogP contribution in [0.5, 0.6) is 0 Å². The van der Waals surface area contributed by atoms with E-state index in [4.69, 9.17) is 9.84 Å². The van der Waals surface area contributed by atoms with Crippen molar-refractivity contribution in [2.24, 2.45) is 0 Å². The Labute approximate surface area is 118 Å². The molecule has 0 aromatic rings. The molecule has 2 amide bonds. The standard InChI is InChI=1S/C13H22N2O5/c1-4-15(5-2)11(16)8-14(3)12(17)9-6-7-10(20-9)13(18)19/h9-10H,4-8H2,1-3H3,(H,18,19). The molecule has 0 saturated carbocycles. The molecule has 1 aliphatic heterocycles. The number of likely N-dealkylation sites (N-methyl/N-ethyl adjacent to an activating group) is 2. The van der Waals surface area contributed by atoms with Gasteiger partial charge in [0.2, 0.25) is 5.91 Å². The van der Waals surface area contributed by atoms with Gasteiger partial charge in [-0.25, -0.2) is 4.79 Å². The summed E-state index contributed by atoms with van der Waals surface area (Å²) in [5, 5.41) is 8.82. The van der Waals surface area contributed by atoms with Gasteiger partial charge < -0.3 is 19.6 Å². The number of rotatable bonds is 6. The number of carbonyl (C=O) groups excluding carboxylic acids is 2. The molecule has 0 spiro atoms. The zero-order valence-corrected chi connectivity index (χ0v) is 12.2. The molecule has 1 fully saturated rings. The Hall–Kier alpha value is -1.63. The fourth-order valence-corrected chi connectivity index (χ4v) is 2.20. The van der Waals surface area contributed by atoms with Gasteiger partial charge in [-0.1, -0.05) is 0 Å². The van der Waals surface area contributed by atoms with Gasteiger partial charge in [0.25, 0.3) is 5.91 Å². The molecule has 0 aromatic heterocycles. The van der Waals surface area contributed by atoms with Gasteiger partial charge in [0.05, 0.1) is 6.54 Å². The van der Waals surface area contributed by atoms with Crippen LogP contribution < -0.4 is 0 Å². The van der Waals surface area contributed by atoms with Crippen molar-refractivity contribution in [3.8, 4) is 0 Å². The van der Waals surface area contributed by atoms with Crippen LogP contribution in [-0.2, 0) is 19.1 Å². The van der Waals surface area contributed by atoms with Crippen LogP contribution in [0.25, 0.3) is 0 Å². The summed E-state index contributed by atoms with van der Waals surface area (Å²) in [7, 11) is 1.53. The molecule has 1 rings (SSSR count). The quantitative estimate of drug-likeness (QED) is 0.739. The maximum Gasteiger partial charge on any atom is 0.332 e. The first-order valence-electron chi connectivity index (χ1n) is 6.81. The number of amides is 2. The third-order valence-corrected chi connectivity index (χ3v) is 3.44. The van der Waals surface area contributed by atoms with Gasteiger partial charge in [0.1, 0.15) is 6.10 Å². The maximum absolute atomic E-state index is 12.1. The van der Waals surface area contributed by atoms with Crippen molar-refractivity contribution in [1.29, 1.82) is 0 Å². The number of nitrogens with zero attached hydrogens (tertiary/aromatic N) is 2. The van der Waals surface area contributed by atoms with Crippen molar-refractivity contribution in [2.75, 3.05) is 26.7 Å². The van der Waals surface area contributed by atoms with Gasteiger partial charge in [-0.3, -0.25) is 9.59 Å². The minimum absolute atomic E-state index is 0.0158. The molecule has 2 atom stereocenters. The Bertz CT molecular complexity index is 381. The van der Waals surface area contributed by atoms with Gasteiger partial charge in [-0.15, -0.1) is 0 Å². The molecule has 1 aliphatic rings. The number of hydrogen-bond acceptors (Lipinski definition) is 4. The Morgan fingerprint density at radius 2 is 1.70 bits per heavy atom. The Balaban J connectivity index is 2.51. The molecule has 1 saturated heterocycles. The summed E-state index contributed by atoms with van der Waals surface area (Å²) in [6.07, 6.45) is -0.982. The number of carbonyl (C=O) groups is 3. The van der Waals surface area contributed by atoms with E-state index in [1.54, 1.807) is 4.90 Å². The van der Waals surface area contributed by atoms with E-state index in [1.807, 2.05) is 13.8 Å². The monoisotopic (exact) mass is 286 g/mol. The van der Waals surface area contributed by atoms with E-state index >= 15 is 0 Å². The summed E-state index contributed by atoms with van der Waals surface area (Å²) in [6, 6.07) is 0. The number of hydrogen-bond donors (Lipinski definition) is 1. The highest BCUT2D eigenvalue weighted by Gasteiger charge is 2.36. The van der Waals surface area contributed by atoms with E-state index < -0.39 is 18.2 Å². The van der Waals surface area contributed by atoms with E-state index in [-0.39, 0.29) is 18.4 Å². The highest BCUT2D eigenvalue weighted by atomic mass is 16.5. The van der Waals surface area contributed by atoms with Crippen molar-refractivity contribution < 1.29 is 24.2 Å². The zero-order valence-electron chi connectivity index (χ0n) is 12.2. The lowest BCUT2D eigenvalue weighted by atomic mass is 10.2. The van der Waals surface area contributed by atoms with E-state index in [0.29, 0.717) is 25.9 Å². The molecule has 0 aliphatic carbocycles. The average molecular weight is 286 g/mol. The summed E-state index contributed by atoms with van der Waals surface area (Å²) in [6.45, 7) is 4.93. The van der Waals surface area contributed by atoms with E-state index in [0.717, 1.165) is 0 Å². The molecule has 1 N–H and O–H groups in total. The Morgan fingerprint density at radius 3 is 2.15 bits per heavy atom. The van der Waals surface area contributed by atoms with Crippen LogP contribution in [0, 0.1) is 0 Å². The lowest BCUT2D eigenvalue weighted by Gasteiger charge is -2.24. The van der Waals surface area contributed by atoms with Crippen LogP contribution in [0.1, 0.15) is 26.7 Å². The van der Waals surface area contributed by atoms with E-state index in [1.165, 1.54) is 11.9 Å². The molecule has 0 bridgehead atoms. The van der Waals surface area contributed by atoms with Gasteiger partial charge in [-0.05, 0) is 26.7 Å². The maximum atomic E-state index is 12.1. The predicted molar refractivity (Wildman–Crippen MR) is 71.1 cm³/mol. The molecule has 7 heteroatoms. The lowest BCUT2D eigenvalue weighted by Crippen LogP contribution is -2.44. The number of ether oxygens (including phenoxy) is 1. The second-order valence-electron chi connectivity index (χ2n) is 4.79. The molecule has 20 heavy (non-hydrogen) atoms. The first-order valence-corrected chi connectivity index (χ1v) is 6.81. The minimum atomic E-state index is -1.05. The van der Waals surface area contributed by atoms with Crippen molar-refractivity contribution in [2.45, 2.75) is 38.9 Å². The van der Waals surface area contributed by atoms with Crippen molar-refractivity contribution in [1.82, 2.24) is 9.80 Å². The Kier molecular flexibility index (Phi) is 5.94. The molecule has 0 aromatic carbocycles. The summed E-state index contributed by atoms with van der Waals surface area (Å²) >= 11 is 0. The molecule has 114 valence electrons. The molecule has 2 unspecified atom stereocenters. The van der Waals surface area contributed by atoms with Crippen LogP contribution in [-0.4, -0.2) is 71.6 Å². The molecule has 1 heterocycles. The third kappa shape index (κ3) is 3.93. The molecular formula is C13H22N2O5. The number of aliphatic carboxylic acids is 1. The average Bonchev–Trinajstić information content (AvgIpc) is 2.88. The van der Waals surface area contributed by atoms with Crippen LogP contribution in [0.2, 0.25) is 0 Å². The van der Waals surface area contributed by atoms with Crippen LogP contribution in [0.4, 0.5) is 0 Å². The SMILES string of the molecule is CCN(CC)C(=O)CN(C)C(=O)C1CCC(C(=O)O)O1. The van der Waals surface area contributed by atoms with E-state index in [2.05, 4.69) is 0 Å². The topological polar surface area (TPSA) is 87.2 Å². The largest absolute Gasteiger partial charge is 0.479 e. The number of carboxylic acid groups (broad SMARTS) is 1. The van der Waals surface area contributed by atoms with Crippen LogP contribution in [0.3, 0.4) is 0 Å². The lowest BCUT2D eigenvalue weighted by molar-refractivity contribution is -0.155.